The molecule has 0 heterocycles. The monoisotopic (exact) mass is 437 g/mol. The number of hydrogen-bond acceptors (Lipinski definition) is 1. The van der Waals surface area contributed by atoms with Crippen LogP contribution in [0, 0.1) is 46.8 Å². The van der Waals surface area contributed by atoms with Gasteiger partial charge in [-0.25, -0.2) is 22.0 Å². The highest BCUT2D eigenvalue weighted by atomic mass is 19.2. The van der Waals surface area contributed by atoms with Gasteiger partial charge in [0.1, 0.15) is 0 Å². The van der Waals surface area contributed by atoms with Crippen molar-refractivity contribution in [1.29, 1.82) is 0 Å². The maximum absolute atomic E-state index is 14.9. The highest BCUT2D eigenvalue weighted by molar-refractivity contribution is 5.65. The second kappa shape index (κ2) is 9.27. The molecule has 2 N–H and O–H groups in total. The zero-order chi connectivity index (χ0) is 22.1. The van der Waals surface area contributed by atoms with Crippen molar-refractivity contribution in [2.45, 2.75) is 57.3 Å². The van der Waals surface area contributed by atoms with Crippen LogP contribution in [0.3, 0.4) is 0 Å². The lowest BCUT2D eigenvalue weighted by molar-refractivity contribution is 0.161. The van der Waals surface area contributed by atoms with Crippen LogP contribution in [0.5, 0.6) is 0 Å². The molecule has 2 aromatic carbocycles. The molecule has 0 spiro atoms. The molecule has 168 valence electrons. The van der Waals surface area contributed by atoms with E-state index in [2.05, 4.69) is 0 Å². The van der Waals surface area contributed by atoms with E-state index in [0.717, 1.165) is 32.2 Å². The van der Waals surface area contributed by atoms with Crippen molar-refractivity contribution in [3.05, 3.63) is 58.9 Å². The topological polar surface area (TPSA) is 26.0 Å². The molecule has 1 nitrogen and oxygen atoms in total. The van der Waals surface area contributed by atoms with Gasteiger partial charge in [0, 0.05) is 5.56 Å². The Hall–Kier alpha value is -1.95. The molecular weight excluding hydrogens is 409 g/mol. The third-order valence-corrected chi connectivity index (χ3v) is 7.51. The van der Waals surface area contributed by atoms with Gasteiger partial charge in [-0.1, -0.05) is 12.1 Å². The lowest BCUT2D eigenvalue weighted by Gasteiger charge is -2.38. The van der Waals surface area contributed by atoms with Crippen molar-refractivity contribution in [2.75, 3.05) is 6.54 Å². The largest absolute Gasteiger partial charge is 0.330 e. The standard InChI is InChI=1S/C25H28F5N/c26-21-11-18(12-22(27)25(21)30)20-10-9-19(23(28)24(20)29)17-7-5-16(6-8-17)15-3-1-14(13-31)2-4-15/h9-12,14-17H,1-8,13,31H2. The Bertz CT molecular complexity index is 905. The average Bonchev–Trinajstić information content (AvgIpc) is 2.79. The maximum atomic E-state index is 14.9. The lowest BCUT2D eigenvalue weighted by Crippen LogP contribution is -2.28. The normalized spacial score (nSPS) is 26.8. The van der Waals surface area contributed by atoms with Crippen molar-refractivity contribution in [3.8, 4) is 11.1 Å². The van der Waals surface area contributed by atoms with Crippen LogP contribution >= 0.6 is 0 Å². The maximum Gasteiger partial charge on any atom is 0.194 e. The molecule has 0 aromatic heterocycles. The van der Waals surface area contributed by atoms with Gasteiger partial charge in [-0.3, -0.25) is 0 Å². The zero-order valence-corrected chi connectivity index (χ0v) is 17.4. The van der Waals surface area contributed by atoms with Crippen molar-refractivity contribution in [2.24, 2.45) is 23.5 Å². The van der Waals surface area contributed by atoms with E-state index in [4.69, 9.17) is 5.73 Å². The minimum absolute atomic E-state index is 0.0677. The van der Waals surface area contributed by atoms with E-state index in [9.17, 15) is 22.0 Å². The Labute approximate surface area is 179 Å². The van der Waals surface area contributed by atoms with Gasteiger partial charge in [-0.2, -0.15) is 0 Å². The summed E-state index contributed by atoms with van der Waals surface area (Å²) in [5, 5.41) is 0. The van der Waals surface area contributed by atoms with Crippen LogP contribution in [0.25, 0.3) is 11.1 Å². The summed E-state index contributed by atoms with van der Waals surface area (Å²) in [5.41, 5.74) is 5.60. The number of hydrogen-bond donors (Lipinski definition) is 1. The fourth-order valence-electron chi connectivity index (χ4n) is 5.61. The summed E-state index contributed by atoms with van der Waals surface area (Å²) in [6.07, 6.45) is 8.40. The number of nitrogens with two attached hydrogens (primary N) is 1. The van der Waals surface area contributed by atoms with Crippen LogP contribution in [-0.4, -0.2) is 6.54 Å². The molecule has 6 heteroatoms. The van der Waals surface area contributed by atoms with Gasteiger partial charge in [0.05, 0.1) is 0 Å². The Balaban J connectivity index is 1.46. The van der Waals surface area contributed by atoms with Gasteiger partial charge in [-0.05, 0) is 105 Å². The molecule has 2 aromatic rings. The minimum Gasteiger partial charge on any atom is -0.330 e. The predicted octanol–water partition coefficient (Wildman–Crippen LogP) is 7.09. The highest BCUT2D eigenvalue weighted by Gasteiger charge is 2.32. The van der Waals surface area contributed by atoms with Crippen LogP contribution in [0.4, 0.5) is 22.0 Å². The second-order valence-electron chi connectivity index (χ2n) is 9.21. The van der Waals surface area contributed by atoms with Crippen molar-refractivity contribution in [3.63, 3.8) is 0 Å². The first-order valence-corrected chi connectivity index (χ1v) is 11.2. The molecule has 31 heavy (non-hydrogen) atoms. The third-order valence-electron chi connectivity index (χ3n) is 7.51. The Morgan fingerprint density at radius 1 is 0.677 bits per heavy atom. The summed E-state index contributed by atoms with van der Waals surface area (Å²) in [5.74, 6) is -4.71. The molecule has 2 aliphatic rings. The molecule has 0 saturated heterocycles. The first-order valence-electron chi connectivity index (χ1n) is 11.2. The van der Waals surface area contributed by atoms with Gasteiger partial charge in [-0.15, -0.1) is 0 Å². The molecule has 2 aliphatic carbocycles. The lowest BCUT2D eigenvalue weighted by atomic mass is 9.68. The van der Waals surface area contributed by atoms with Crippen LogP contribution in [0.15, 0.2) is 24.3 Å². The van der Waals surface area contributed by atoms with E-state index in [-0.39, 0.29) is 17.0 Å². The summed E-state index contributed by atoms with van der Waals surface area (Å²) < 4.78 is 69.9. The van der Waals surface area contributed by atoms with E-state index < -0.39 is 29.1 Å². The summed E-state index contributed by atoms with van der Waals surface area (Å²) in [7, 11) is 0. The fraction of sp³-hybridized carbons (Fsp3) is 0.520. The van der Waals surface area contributed by atoms with Crippen LogP contribution in [0.2, 0.25) is 0 Å². The summed E-state index contributed by atoms with van der Waals surface area (Å²) in [6, 6.07) is 4.20. The molecule has 0 bridgehead atoms. The van der Waals surface area contributed by atoms with E-state index in [1.165, 1.54) is 37.8 Å². The fourth-order valence-corrected chi connectivity index (χ4v) is 5.61. The summed E-state index contributed by atoms with van der Waals surface area (Å²) in [4.78, 5) is 0. The molecule has 2 saturated carbocycles. The minimum atomic E-state index is -1.63. The predicted molar refractivity (Wildman–Crippen MR) is 111 cm³/mol. The van der Waals surface area contributed by atoms with Crippen LogP contribution in [0.1, 0.15) is 62.8 Å². The number of benzene rings is 2. The molecule has 0 radical (unpaired) electrons. The van der Waals surface area contributed by atoms with E-state index in [1.54, 1.807) is 0 Å². The molecule has 2 fully saturated rings. The third kappa shape index (κ3) is 4.50. The van der Waals surface area contributed by atoms with Gasteiger partial charge in [0.2, 0.25) is 0 Å². The molecule has 4 rings (SSSR count). The zero-order valence-electron chi connectivity index (χ0n) is 17.4. The summed E-state index contributed by atoms with van der Waals surface area (Å²) >= 11 is 0. The molecule has 0 aliphatic heterocycles. The molecule has 0 unspecified atom stereocenters. The Kier molecular flexibility index (Phi) is 6.65. The van der Waals surface area contributed by atoms with E-state index in [1.807, 2.05) is 0 Å². The van der Waals surface area contributed by atoms with Crippen molar-refractivity contribution in [1.82, 2.24) is 0 Å². The Morgan fingerprint density at radius 3 is 1.77 bits per heavy atom. The van der Waals surface area contributed by atoms with Gasteiger partial charge in [0.15, 0.2) is 29.1 Å². The smallest absolute Gasteiger partial charge is 0.194 e. The van der Waals surface area contributed by atoms with Crippen molar-refractivity contribution < 1.29 is 22.0 Å². The first kappa shape index (κ1) is 22.3. The number of rotatable bonds is 4. The van der Waals surface area contributed by atoms with E-state index >= 15 is 0 Å². The van der Waals surface area contributed by atoms with E-state index in [0.29, 0.717) is 35.4 Å². The summed E-state index contributed by atoms with van der Waals surface area (Å²) in [6.45, 7) is 0.761. The SMILES string of the molecule is NCC1CCC(C2CCC(c3ccc(-c4cc(F)c(F)c(F)c4)c(F)c3F)CC2)CC1. The highest BCUT2D eigenvalue weighted by Crippen LogP contribution is 2.45. The van der Waals surface area contributed by atoms with Gasteiger partial charge < -0.3 is 5.73 Å². The first-order chi connectivity index (χ1) is 14.9. The molecular formula is C25H28F5N. The Morgan fingerprint density at radius 2 is 1.23 bits per heavy atom. The average molecular weight is 437 g/mol. The quantitative estimate of drug-likeness (QED) is 0.401. The van der Waals surface area contributed by atoms with Crippen LogP contribution < -0.4 is 5.73 Å². The van der Waals surface area contributed by atoms with Crippen molar-refractivity contribution >= 4 is 0 Å². The van der Waals surface area contributed by atoms with Gasteiger partial charge in [0.25, 0.3) is 0 Å². The molecule has 0 atom stereocenters. The van der Waals surface area contributed by atoms with Gasteiger partial charge >= 0.3 is 0 Å². The second-order valence-corrected chi connectivity index (χ2v) is 9.21. The molecule has 0 amide bonds. The van der Waals surface area contributed by atoms with Crippen LogP contribution in [-0.2, 0) is 0 Å². The number of halogens is 5.